The molecule has 0 bridgehead atoms. The Kier molecular flexibility index (Phi) is 5.73. The number of nitrogens with one attached hydrogen (secondary N) is 1. The Balaban J connectivity index is 1.38. The summed E-state index contributed by atoms with van der Waals surface area (Å²) in [6.07, 6.45) is 1.08. The lowest BCUT2D eigenvalue weighted by molar-refractivity contribution is 0.102. The fourth-order valence-electron chi connectivity index (χ4n) is 3.97. The third kappa shape index (κ3) is 4.16. The number of amides is 1. The molecule has 0 saturated carbocycles. The van der Waals surface area contributed by atoms with Crippen LogP contribution < -0.4 is 5.32 Å². The first-order valence-electron chi connectivity index (χ1n) is 11.0. The highest BCUT2D eigenvalue weighted by molar-refractivity contribution is 9.10. The molecular weight excluding hydrogens is 476 g/mol. The molecule has 0 spiro atoms. The third-order valence-electron chi connectivity index (χ3n) is 6.10. The van der Waals surface area contributed by atoms with Crippen molar-refractivity contribution < 1.29 is 9.21 Å². The minimum Gasteiger partial charge on any atom is -0.436 e. The van der Waals surface area contributed by atoms with Gasteiger partial charge < -0.3 is 9.73 Å². The molecule has 5 heteroatoms. The van der Waals surface area contributed by atoms with Crippen molar-refractivity contribution in [2.75, 3.05) is 5.32 Å². The first-order chi connectivity index (χ1) is 16.0. The molecule has 0 aliphatic carbocycles. The van der Waals surface area contributed by atoms with Crippen molar-refractivity contribution in [2.45, 2.75) is 26.2 Å². The molecule has 0 unspecified atom stereocenters. The topological polar surface area (TPSA) is 55.1 Å². The van der Waals surface area contributed by atoms with Crippen LogP contribution in [-0.4, -0.2) is 10.9 Å². The van der Waals surface area contributed by atoms with Crippen LogP contribution in [0.15, 0.2) is 87.8 Å². The fourth-order valence-corrected chi connectivity index (χ4v) is 4.47. The van der Waals surface area contributed by atoms with Gasteiger partial charge in [0.15, 0.2) is 5.58 Å². The van der Waals surface area contributed by atoms with Gasteiger partial charge in [-0.3, -0.25) is 4.79 Å². The first-order valence-corrected chi connectivity index (χ1v) is 11.8. The zero-order valence-electron chi connectivity index (χ0n) is 18.4. The maximum atomic E-state index is 13.0. The van der Waals surface area contributed by atoms with E-state index in [1.165, 1.54) is 5.56 Å². The largest absolute Gasteiger partial charge is 0.436 e. The van der Waals surface area contributed by atoms with Crippen molar-refractivity contribution in [3.8, 4) is 11.5 Å². The molecule has 4 aromatic carbocycles. The molecule has 0 fully saturated rings. The van der Waals surface area contributed by atoms with E-state index in [4.69, 9.17) is 4.42 Å². The standard InChI is InChI=1S/C28H23BrN2O2/c1-3-17(2)19-12-15-26-25(16-19)31-28(33-26)18-10-13-20(14-11-18)30-27(32)23-8-4-7-22-21(23)6-5-9-24(22)29/h4-17H,3H2,1-2H3,(H,30,32)/t17-/m0/s1. The van der Waals surface area contributed by atoms with E-state index in [0.717, 1.165) is 38.3 Å². The van der Waals surface area contributed by atoms with E-state index < -0.39 is 0 Å². The zero-order valence-corrected chi connectivity index (χ0v) is 20.0. The van der Waals surface area contributed by atoms with Crippen molar-refractivity contribution in [3.63, 3.8) is 0 Å². The second-order valence-corrected chi connectivity index (χ2v) is 9.08. The molecule has 164 valence electrons. The van der Waals surface area contributed by atoms with Gasteiger partial charge in [-0.2, -0.15) is 0 Å². The molecule has 5 aromatic rings. The van der Waals surface area contributed by atoms with Gasteiger partial charge in [-0.15, -0.1) is 0 Å². The molecule has 1 atom stereocenters. The molecule has 1 amide bonds. The van der Waals surface area contributed by atoms with Crippen LogP contribution in [0.2, 0.25) is 0 Å². The second-order valence-electron chi connectivity index (χ2n) is 8.23. The summed E-state index contributed by atoms with van der Waals surface area (Å²) in [5, 5.41) is 4.91. The number of nitrogens with zero attached hydrogens (tertiary/aromatic N) is 1. The summed E-state index contributed by atoms with van der Waals surface area (Å²) >= 11 is 3.56. The van der Waals surface area contributed by atoms with Gasteiger partial charge in [0.25, 0.3) is 5.91 Å². The first kappa shape index (κ1) is 21.4. The maximum Gasteiger partial charge on any atom is 0.256 e. The van der Waals surface area contributed by atoms with Crippen molar-refractivity contribution in [1.29, 1.82) is 0 Å². The summed E-state index contributed by atoms with van der Waals surface area (Å²) in [4.78, 5) is 17.6. The molecule has 0 aliphatic heterocycles. The van der Waals surface area contributed by atoms with E-state index in [9.17, 15) is 4.79 Å². The number of aromatic nitrogens is 1. The summed E-state index contributed by atoms with van der Waals surface area (Å²) < 4.78 is 6.94. The lowest BCUT2D eigenvalue weighted by Gasteiger charge is -2.09. The van der Waals surface area contributed by atoms with Gasteiger partial charge in [0.1, 0.15) is 5.52 Å². The molecular formula is C28H23BrN2O2. The van der Waals surface area contributed by atoms with Gasteiger partial charge in [-0.05, 0) is 77.2 Å². The maximum absolute atomic E-state index is 13.0. The lowest BCUT2D eigenvalue weighted by atomic mass is 9.98. The minimum absolute atomic E-state index is 0.147. The summed E-state index contributed by atoms with van der Waals surface area (Å²) in [7, 11) is 0. The Morgan fingerprint density at radius 3 is 2.55 bits per heavy atom. The summed E-state index contributed by atoms with van der Waals surface area (Å²) in [5.74, 6) is 0.911. The monoisotopic (exact) mass is 498 g/mol. The highest BCUT2D eigenvalue weighted by atomic mass is 79.9. The number of oxazole rings is 1. The fraction of sp³-hybridized carbons (Fsp3) is 0.143. The van der Waals surface area contributed by atoms with Crippen LogP contribution in [0.25, 0.3) is 33.3 Å². The van der Waals surface area contributed by atoms with Crippen molar-refractivity contribution in [2.24, 2.45) is 0 Å². The smallest absolute Gasteiger partial charge is 0.256 e. The third-order valence-corrected chi connectivity index (χ3v) is 6.79. The van der Waals surface area contributed by atoms with Gasteiger partial charge in [0.2, 0.25) is 5.89 Å². The van der Waals surface area contributed by atoms with Crippen LogP contribution in [0.5, 0.6) is 0 Å². The van der Waals surface area contributed by atoms with E-state index in [0.29, 0.717) is 23.1 Å². The Bertz CT molecular complexity index is 1470. The van der Waals surface area contributed by atoms with Gasteiger partial charge >= 0.3 is 0 Å². The molecule has 1 heterocycles. The van der Waals surface area contributed by atoms with Gasteiger partial charge in [-0.1, -0.05) is 60.1 Å². The number of carbonyl (C=O) groups excluding carboxylic acids is 1. The average molecular weight is 499 g/mol. The van der Waals surface area contributed by atoms with Gasteiger partial charge in [0.05, 0.1) is 0 Å². The predicted molar refractivity (Wildman–Crippen MR) is 138 cm³/mol. The molecule has 4 nitrogen and oxygen atoms in total. The summed E-state index contributed by atoms with van der Waals surface area (Å²) in [6, 6.07) is 25.4. The van der Waals surface area contributed by atoms with E-state index in [1.54, 1.807) is 0 Å². The van der Waals surface area contributed by atoms with Crippen LogP contribution >= 0.6 is 15.9 Å². The predicted octanol–water partition coefficient (Wildman–Crippen LogP) is 8.18. The lowest BCUT2D eigenvalue weighted by Crippen LogP contribution is -2.12. The minimum atomic E-state index is -0.147. The molecule has 0 radical (unpaired) electrons. The van der Waals surface area contributed by atoms with Crippen molar-refractivity contribution in [3.05, 3.63) is 94.5 Å². The van der Waals surface area contributed by atoms with E-state index in [1.807, 2.05) is 66.7 Å². The number of fused-ring (bicyclic) bond motifs is 2. The SMILES string of the molecule is CC[C@H](C)c1ccc2oc(-c3ccc(NC(=O)c4cccc5c(Br)cccc45)cc3)nc2c1. The molecule has 5 rings (SSSR count). The van der Waals surface area contributed by atoms with Crippen molar-refractivity contribution >= 4 is 49.4 Å². The zero-order chi connectivity index (χ0) is 22.9. The van der Waals surface area contributed by atoms with Crippen LogP contribution in [0.4, 0.5) is 5.69 Å². The molecule has 1 N–H and O–H groups in total. The highest BCUT2D eigenvalue weighted by Gasteiger charge is 2.13. The molecule has 33 heavy (non-hydrogen) atoms. The number of benzene rings is 4. The Hall–Kier alpha value is -3.44. The molecule has 0 saturated heterocycles. The van der Waals surface area contributed by atoms with E-state index in [-0.39, 0.29) is 5.91 Å². The number of hydrogen-bond donors (Lipinski definition) is 1. The van der Waals surface area contributed by atoms with Crippen LogP contribution in [0, 0.1) is 0 Å². The average Bonchev–Trinajstić information content (AvgIpc) is 3.27. The number of hydrogen-bond acceptors (Lipinski definition) is 3. The highest BCUT2D eigenvalue weighted by Crippen LogP contribution is 2.30. The number of halogens is 1. The Morgan fingerprint density at radius 1 is 1.00 bits per heavy atom. The van der Waals surface area contributed by atoms with Crippen LogP contribution in [0.1, 0.15) is 42.1 Å². The quantitative estimate of drug-likeness (QED) is 0.265. The number of anilines is 1. The van der Waals surface area contributed by atoms with Gasteiger partial charge in [0, 0.05) is 21.3 Å². The van der Waals surface area contributed by atoms with Gasteiger partial charge in [-0.25, -0.2) is 4.98 Å². The van der Waals surface area contributed by atoms with E-state index in [2.05, 4.69) is 52.2 Å². The normalized spacial score (nSPS) is 12.2. The molecule has 0 aliphatic rings. The second kappa shape index (κ2) is 8.83. The van der Waals surface area contributed by atoms with Crippen LogP contribution in [0.3, 0.4) is 0 Å². The Morgan fingerprint density at radius 2 is 1.76 bits per heavy atom. The summed E-state index contributed by atoms with van der Waals surface area (Å²) in [5.41, 5.74) is 5.12. The Labute approximate surface area is 200 Å². The van der Waals surface area contributed by atoms with E-state index >= 15 is 0 Å². The number of rotatable bonds is 5. The van der Waals surface area contributed by atoms with Crippen molar-refractivity contribution in [1.82, 2.24) is 4.98 Å². The summed E-state index contributed by atoms with van der Waals surface area (Å²) in [6.45, 7) is 4.40. The van der Waals surface area contributed by atoms with Crippen LogP contribution in [-0.2, 0) is 0 Å². The number of carbonyl (C=O) groups is 1. The molecule has 1 aromatic heterocycles.